The Morgan fingerprint density at radius 1 is 1.40 bits per heavy atom. The van der Waals surface area contributed by atoms with Crippen LogP contribution in [0.5, 0.6) is 0 Å². The molecule has 0 heterocycles. The minimum Gasteiger partial charge on any atom is -0.377 e. The molecule has 0 saturated heterocycles. The summed E-state index contributed by atoms with van der Waals surface area (Å²) < 4.78 is 0. The summed E-state index contributed by atoms with van der Waals surface area (Å²) in [7, 11) is 0. The third-order valence-electron chi connectivity index (χ3n) is 1.45. The Kier molecular flexibility index (Phi) is 2.46. The van der Waals surface area contributed by atoms with Crippen LogP contribution in [-0.4, -0.2) is 5.11 Å². The van der Waals surface area contributed by atoms with Crippen molar-refractivity contribution in [1.82, 2.24) is 0 Å². The van der Waals surface area contributed by atoms with Crippen LogP contribution in [0.1, 0.15) is 16.1 Å². The molecule has 0 spiro atoms. The van der Waals surface area contributed by atoms with E-state index < -0.39 is 5.01 Å². The van der Waals surface area contributed by atoms with E-state index in [1.807, 2.05) is 31.2 Å². The molecule has 1 N–H and O–H groups in total. The fourth-order valence-corrected chi connectivity index (χ4v) is 1.37. The van der Waals surface area contributed by atoms with Gasteiger partial charge in [-0.1, -0.05) is 40.2 Å². The molecule has 1 nitrogen and oxygen atoms in total. The van der Waals surface area contributed by atoms with Crippen LogP contribution in [0, 0.1) is 6.92 Å². The maximum Gasteiger partial charge on any atom is 0.134 e. The topological polar surface area (TPSA) is 20.2 Å². The number of hydrogen-bond donors (Lipinski definition) is 1. The monoisotopic (exact) mass is 200 g/mol. The summed E-state index contributed by atoms with van der Waals surface area (Å²) in [4.78, 5) is 0. The maximum atomic E-state index is 9.12. The largest absolute Gasteiger partial charge is 0.377 e. The Labute approximate surface area is 68.8 Å². The molecule has 2 heteroatoms. The molecule has 0 fully saturated rings. The van der Waals surface area contributed by atoms with Crippen molar-refractivity contribution in [2.45, 2.75) is 11.9 Å². The third kappa shape index (κ3) is 1.58. The molecule has 1 rings (SSSR count). The molecule has 0 aliphatic carbocycles. The molecule has 1 unspecified atom stereocenters. The minimum absolute atomic E-state index is 0.534. The van der Waals surface area contributed by atoms with Crippen molar-refractivity contribution < 1.29 is 5.11 Å². The normalized spacial score (nSPS) is 13.1. The van der Waals surface area contributed by atoms with Crippen molar-refractivity contribution in [2.24, 2.45) is 0 Å². The zero-order valence-corrected chi connectivity index (χ0v) is 7.30. The maximum absolute atomic E-state index is 9.12. The Hall–Kier alpha value is -0.340. The summed E-state index contributed by atoms with van der Waals surface area (Å²) in [6, 6.07) is 7.73. The second-order valence-electron chi connectivity index (χ2n) is 2.19. The van der Waals surface area contributed by atoms with Gasteiger partial charge in [-0.2, -0.15) is 0 Å². The van der Waals surface area contributed by atoms with Crippen molar-refractivity contribution in [3.63, 3.8) is 0 Å². The quantitative estimate of drug-likeness (QED) is 0.691. The van der Waals surface area contributed by atoms with Crippen molar-refractivity contribution in [3.05, 3.63) is 35.4 Å². The molecule has 0 saturated carbocycles. The number of rotatable bonds is 1. The van der Waals surface area contributed by atoms with Crippen LogP contribution in [0.4, 0.5) is 0 Å². The van der Waals surface area contributed by atoms with Crippen LogP contribution >= 0.6 is 15.9 Å². The van der Waals surface area contributed by atoms with Crippen LogP contribution in [0.15, 0.2) is 24.3 Å². The van der Waals surface area contributed by atoms with Crippen molar-refractivity contribution in [2.75, 3.05) is 0 Å². The molecule has 0 aliphatic rings. The van der Waals surface area contributed by atoms with Gasteiger partial charge in [0.1, 0.15) is 5.01 Å². The van der Waals surface area contributed by atoms with Crippen LogP contribution in [0.25, 0.3) is 0 Å². The predicted molar refractivity (Wildman–Crippen MR) is 45.1 cm³/mol. The van der Waals surface area contributed by atoms with E-state index in [1.54, 1.807) is 0 Å². The fraction of sp³-hybridized carbons (Fsp3) is 0.250. The first kappa shape index (κ1) is 7.76. The van der Waals surface area contributed by atoms with Gasteiger partial charge in [-0.3, -0.25) is 0 Å². The molecule has 0 bridgehead atoms. The molecule has 10 heavy (non-hydrogen) atoms. The summed E-state index contributed by atoms with van der Waals surface area (Å²) >= 11 is 3.09. The number of halogens is 1. The molecule has 0 radical (unpaired) electrons. The van der Waals surface area contributed by atoms with Gasteiger partial charge in [-0.25, -0.2) is 0 Å². The first-order chi connectivity index (χ1) is 4.72. The van der Waals surface area contributed by atoms with Gasteiger partial charge in [-0.15, -0.1) is 0 Å². The van der Waals surface area contributed by atoms with Crippen LogP contribution in [-0.2, 0) is 0 Å². The second kappa shape index (κ2) is 3.17. The Morgan fingerprint density at radius 3 is 2.40 bits per heavy atom. The van der Waals surface area contributed by atoms with Crippen molar-refractivity contribution in [1.29, 1.82) is 0 Å². The van der Waals surface area contributed by atoms with Gasteiger partial charge in [0.15, 0.2) is 0 Å². The summed E-state index contributed by atoms with van der Waals surface area (Å²) in [6.07, 6.45) is 0. The van der Waals surface area contributed by atoms with E-state index in [1.165, 1.54) is 0 Å². The van der Waals surface area contributed by atoms with Gasteiger partial charge >= 0.3 is 0 Å². The lowest BCUT2D eigenvalue weighted by Crippen LogP contribution is -1.89. The number of alkyl halides is 1. The van der Waals surface area contributed by atoms with Gasteiger partial charge in [0.05, 0.1) is 0 Å². The lowest BCUT2D eigenvalue weighted by atomic mass is 10.1. The highest BCUT2D eigenvalue weighted by atomic mass is 79.9. The van der Waals surface area contributed by atoms with Crippen LogP contribution in [0.2, 0.25) is 0 Å². The average molecular weight is 201 g/mol. The lowest BCUT2D eigenvalue weighted by molar-refractivity contribution is 0.276. The van der Waals surface area contributed by atoms with Crippen LogP contribution in [0.3, 0.4) is 0 Å². The summed E-state index contributed by atoms with van der Waals surface area (Å²) in [5.74, 6) is 0. The Balaban J connectivity index is 3.03. The molecule has 0 aromatic heterocycles. The van der Waals surface area contributed by atoms with E-state index in [4.69, 9.17) is 5.11 Å². The van der Waals surface area contributed by atoms with Gasteiger partial charge in [-0.05, 0) is 18.1 Å². The average Bonchev–Trinajstić information content (AvgIpc) is 1.88. The smallest absolute Gasteiger partial charge is 0.134 e. The van der Waals surface area contributed by atoms with Crippen molar-refractivity contribution in [3.8, 4) is 0 Å². The summed E-state index contributed by atoms with van der Waals surface area (Å²) in [5.41, 5.74) is 2.04. The van der Waals surface area contributed by atoms with Crippen LogP contribution < -0.4 is 0 Å². The number of aliphatic hydroxyl groups excluding tert-OH is 1. The highest BCUT2D eigenvalue weighted by Gasteiger charge is 2.02. The van der Waals surface area contributed by atoms with E-state index in [0.29, 0.717) is 0 Å². The minimum atomic E-state index is -0.534. The number of aliphatic hydroxyl groups is 1. The standard InChI is InChI=1S/C8H9BrO/c1-6-4-2-3-5-7(6)8(9)10/h2-5,8,10H,1H3. The zero-order chi connectivity index (χ0) is 7.56. The number of aryl methyl sites for hydroxylation is 1. The molecule has 54 valence electrons. The molecule has 0 amide bonds. The Bertz CT molecular complexity index is 220. The number of benzene rings is 1. The van der Waals surface area contributed by atoms with E-state index in [9.17, 15) is 0 Å². The molecule has 1 aromatic carbocycles. The SMILES string of the molecule is Cc1ccccc1C(O)Br. The molecule has 1 aromatic rings. The summed E-state index contributed by atoms with van der Waals surface area (Å²) in [6.45, 7) is 1.97. The zero-order valence-electron chi connectivity index (χ0n) is 5.71. The highest BCUT2D eigenvalue weighted by molar-refractivity contribution is 9.09. The van der Waals surface area contributed by atoms with E-state index in [-0.39, 0.29) is 0 Å². The fourth-order valence-electron chi connectivity index (χ4n) is 0.854. The molecular weight excluding hydrogens is 192 g/mol. The first-order valence-electron chi connectivity index (χ1n) is 3.09. The van der Waals surface area contributed by atoms with Crippen molar-refractivity contribution >= 4 is 15.9 Å². The molecular formula is C8H9BrO. The number of hydrogen-bond acceptors (Lipinski definition) is 1. The first-order valence-corrected chi connectivity index (χ1v) is 4.01. The van der Waals surface area contributed by atoms with E-state index in [2.05, 4.69) is 15.9 Å². The highest BCUT2D eigenvalue weighted by Crippen LogP contribution is 2.21. The third-order valence-corrected chi connectivity index (χ3v) is 1.94. The Morgan fingerprint density at radius 2 is 2.00 bits per heavy atom. The molecule has 1 atom stereocenters. The van der Waals surface area contributed by atoms with Gasteiger partial charge in [0.2, 0.25) is 0 Å². The van der Waals surface area contributed by atoms with Gasteiger partial charge < -0.3 is 5.11 Å². The molecule has 0 aliphatic heterocycles. The van der Waals surface area contributed by atoms with Gasteiger partial charge in [0.25, 0.3) is 0 Å². The predicted octanol–water partition coefficient (Wildman–Crippen LogP) is 2.38. The lowest BCUT2D eigenvalue weighted by Gasteiger charge is -2.04. The van der Waals surface area contributed by atoms with E-state index >= 15 is 0 Å². The van der Waals surface area contributed by atoms with E-state index in [0.717, 1.165) is 11.1 Å². The summed E-state index contributed by atoms with van der Waals surface area (Å²) in [5, 5.41) is 8.59. The second-order valence-corrected chi connectivity index (χ2v) is 3.06. The van der Waals surface area contributed by atoms with Gasteiger partial charge in [0, 0.05) is 0 Å².